The highest BCUT2D eigenvalue weighted by atomic mass is 32.1. The third-order valence-corrected chi connectivity index (χ3v) is 4.78. The zero-order chi connectivity index (χ0) is 16.0. The molecule has 0 amide bonds. The molecule has 0 saturated carbocycles. The van der Waals surface area contributed by atoms with Gasteiger partial charge in [-0.15, -0.1) is 0 Å². The van der Waals surface area contributed by atoms with Gasteiger partial charge in [0.1, 0.15) is 5.58 Å². The van der Waals surface area contributed by atoms with Gasteiger partial charge in [0, 0.05) is 17.1 Å². The first-order chi connectivity index (χ1) is 11.1. The molecule has 0 saturated heterocycles. The van der Waals surface area contributed by atoms with Crippen molar-refractivity contribution in [2.75, 3.05) is 5.32 Å². The van der Waals surface area contributed by atoms with Crippen LogP contribution < -0.4 is 10.9 Å². The van der Waals surface area contributed by atoms with Crippen LogP contribution in [-0.4, -0.2) is 4.98 Å². The quantitative estimate of drug-likeness (QED) is 0.540. The van der Waals surface area contributed by atoms with Crippen LogP contribution in [0.15, 0.2) is 51.7 Å². The maximum absolute atomic E-state index is 11.5. The summed E-state index contributed by atoms with van der Waals surface area (Å²) in [4.78, 5) is 16.1. The van der Waals surface area contributed by atoms with E-state index in [4.69, 9.17) is 4.42 Å². The zero-order valence-electron chi connectivity index (χ0n) is 12.7. The minimum Gasteiger partial charge on any atom is -0.423 e. The van der Waals surface area contributed by atoms with E-state index in [9.17, 15) is 4.79 Å². The highest BCUT2D eigenvalue weighted by Gasteiger charge is 2.09. The summed E-state index contributed by atoms with van der Waals surface area (Å²) in [5.41, 5.74) is 4.16. The molecular weight excluding hydrogens is 308 g/mol. The maximum atomic E-state index is 11.5. The Morgan fingerprint density at radius 3 is 2.74 bits per heavy atom. The van der Waals surface area contributed by atoms with Gasteiger partial charge in [0.25, 0.3) is 0 Å². The Kier molecular flexibility index (Phi) is 3.16. The Bertz CT molecular complexity index is 1060. The van der Waals surface area contributed by atoms with E-state index < -0.39 is 0 Å². The average molecular weight is 322 g/mol. The molecule has 0 radical (unpaired) electrons. The zero-order valence-corrected chi connectivity index (χ0v) is 13.5. The smallest absolute Gasteiger partial charge is 0.336 e. The van der Waals surface area contributed by atoms with E-state index >= 15 is 0 Å². The van der Waals surface area contributed by atoms with Crippen LogP contribution in [0.4, 0.5) is 10.8 Å². The average Bonchev–Trinajstić information content (AvgIpc) is 2.91. The molecule has 0 fully saturated rings. The molecule has 2 heterocycles. The normalized spacial score (nSPS) is 11.2. The van der Waals surface area contributed by atoms with Crippen LogP contribution in [0, 0.1) is 13.8 Å². The first kappa shape index (κ1) is 14.0. The number of nitrogens with one attached hydrogen (secondary N) is 1. The van der Waals surface area contributed by atoms with Crippen LogP contribution in [0.25, 0.3) is 21.2 Å². The molecule has 0 unspecified atom stereocenters. The number of nitrogens with zero attached hydrogens (tertiary/aromatic N) is 1. The van der Waals surface area contributed by atoms with E-state index in [1.807, 2.05) is 44.2 Å². The summed E-state index contributed by atoms with van der Waals surface area (Å²) >= 11 is 1.62. The molecule has 0 aliphatic rings. The highest BCUT2D eigenvalue weighted by Crippen LogP contribution is 2.31. The molecular formula is C18H14N2O2S. The molecule has 0 spiro atoms. The van der Waals surface area contributed by atoms with Crippen molar-refractivity contribution < 1.29 is 4.42 Å². The third-order valence-electron chi connectivity index (χ3n) is 3.83. The minimum absolute atomic E-state index is 0.318. The number of para-hydroxylation sites is 1. The highest BCUT2D eigenvalue weighted by molar-refractivity contribution is 7.22. The van der Waals surface area contributed by atoms with Crippen LogP contribution in [0.2, 0.25) is 0 Å². The van der Waals surface area contributed by atoms with Crippen molar-refractivity contribution >= 4 is 43.3 Å². The van der Waals surface area contributed by atoms with Gasteiger partial charge in [0.15, 0.2) is 5.13 Å². The van der Waals surface area contributed by atoms with Gasteiger partial charge < -0.3 is 9.73 Å². The van der Waals surface area contributed by atoms with Crippen LogP contribution in [0.5, 0.6) is 0 Å². The fourth-order valence-corrected chi connectivity index (χ4v) is 3.52. The van der Waals surface area contributed by atoms with E-state index in [0.29, 0.717) is 5.58 Å². The van der Waals surface area contributed by atoms with Gasteiger partial charge in [-0.1, -0.05) is 23.5 Å². The van der Waals surface area contributed by atoms with Gasteiger partial charge in [-0.25, -0.2) is 9.78 Å². The topological polar surface area (TPSA) is 55.1 Å². The molecule has 4 nitrogen and oxygen atoms in total. The van der Waals surface area contributed by atoms with Crippen molar-refractivity contribution in [2.24, 2.45) is 0 Å². The lowest BCUT2D eigenvalue weighted by molar-refractivity contribution is 0.559. The number of hydrogen-bond acceptors (Lipinski definition) is 5. The Hall–Kier alpha value is -2.66. The Morgan fingerprint density at radius 2 is 1.91 bits per heavy atom. The molecule has 0 aliphatic heterocycles. The van der Waals surface area contributed by atoms with Gasteiger partial charge in [0.05, 0.1) is 10.2 Å². The number of thiazole rings is 1. The lowest BCUT2D eigenvalue weighted by Crippen LogP contribution is -1.99. The number of rotatable bonds is 2. The number of hydrogen-bond donors (Lipinski definition) is 1. The maximum Gasteiger partial charge on any atom is 0.336 e. The summed E-state index contributed by atoms with van der Waals surface area (Å²) in [6.07, 6.45) is 0. The van der Waals surface area contributed by atoms with Gasteiger partial charge in [-0.2, -0.15) is 0 Å². The first-order valence-electron chi connectivity index (χ1n) is 7.28. The second-order valence-corrected chi connectivity index (χ2v) is 6.55. The van der Waals surface area contributed by atoms with Gasteiger partial charge >= 0.3 is 5.63 Å². The lowest BCUT2D eigenvalue weighted by atomic mass is 10.1. The number of aryl methyl sites for hydroxylation is 2. The Morgan fingerprint density at radius 1 is 1.09 bits per heavy atom. The predicted molar refractivity (Wildman–Crippen MR) is 94.9 cm³/mol. The third kappa shape index (κ3) is 2.49. The molecule has 2 aromatic carbocycles. The van der Waals surface area contributed by atoms with E-state index in [0.717, 1.165) is 37.5 Å². The van der Waals surface area contributed by atoms with Crippen LogP contribution in [0.3, 0.4) is 0 Å². The van der Waals surface area contributed by atoms with E-state index in [1.54, 1.807) is 11.3 Å². The molecule has 5 heteroatoms. The molecule has 4 aromatic rings. The summed E-state index contributed by atoms with van der Waals surface area (Å²) in [5, 5.41) is 5.16. The van der Waals surface area contributed by atoms with Gasteiger partial charge in [0.2, 0.25) is 0 Å². The Labute approximate surface area is 136 Å². The van der Waals surface area contributed by atoms with E-state index in [1.165, 1.54) is 6.07 Å². The molecule has 0 bridgehead atoms. The van der Waals surface area contributed by atoms with Crippen LogP contribution >= 0.6 is 11.3 Å². The van der Waals surface area contributed by atoms with Crippen molar-refractivity contribution in [1.82, 2.24) is 4.98 Å². The van der Waals surface area contributed by atoms with Crippen molar-refractivity contribution in [3.05, 3.63) is 64.0 Å². The van der Waals surface area contributed by atoms with Crippen LogP contribution in [0.1, 0.15) is 11.1 Å². The largest absolute Gasteiger partial charge is 0.423 e. The van der Waals surface area contributed by atoms with Crippen LogP contribution in [-0.2, 0) is 0 Å². The van der Waals surface area contributed by atoms with Gasteiger partial charge in [-0.05, 0) is 49.2 Å². The molecule has 0 atom stereocenters. The Balaban J connectivity index is 1.81. The SMILES string of the molecule is Cc1cc2oc(=O)cc(C)c2cc1Nc1nc2ccccc2s1. The molecule has 2 aromatic heterocycles. The van der Waals surface area contributed by atoms with E-state index in [-0.39, 0.29) is 5.63 Å². The molecule has 0 aliphatic carbocycles. The fraction of sp³-hybridized carbons (Fsp3) is 0.111. The summed E-state index contributed by atoms with van der Waals surface area (Å²) < 4.78 is 6.43. The van der Waals surface area contributed by atoms with Gasteiger partial charge in [-0.3, -0.25) is 0 Å². The predicted octanol–water partition coefficient (Wildman–Crippen LogP) is 4.76. The summed E-state index contributed by atoms with van der Waals surface area (Å²) in [7, 11) is 0. The second kappa shape index (κ2) is 5.21. The summed E-state index contributed by atoms with van der Waals surface area (Å²) in [5.74, 6) is 0. The summed E-state index contributed by atoms with van der Waals surface area (Å²) in [6, 6.07) is 13.5. The standard InChI is InChI=1S/C18H14N2O2S/c1-10-8-17(21)22-15-7-11(2)14(9-12(10)15)20-18-19-13-5-3-4-6-16(13)23-18/h3-9H,1-2H3,(H,19,20). The first-order valence-corrected chi connectivity index (χ1v) is 8.09. The fourth-order valence-electron chi connectivity index (χ4n) is 2.64. The molecule has 1 N–H and O–H groups in total. The number of fused-ring (bicyclic) bond motifs is 2. The second-order valence-electron chi connectivity index (χ2n) is 5.52. The number of benzene rings is 2. The number of anilines is 2. The molecule has 4 rings (SSSR count). The monoisotopic (exact) mass is 322 g/mol. The molecule has 114 valence electrons. The van der Waals surface area contributed by atoms with Crippen molar-refractivity contribution in [1.29, 1.82) is 0 Å². The lowest BCUT2D eigenvalue weighted by Gasteiger charge is -2.09. The van der Waals surface area contributed by atoms with Crippen molar-refractivity contribution in [2.45, 2.75) is 13.8 Å². The number of aromatic nitrogens is 1. The van der Waals surface area contributed by atoms with Crippen molar-refractivity contribution in [3.63, 3.8) is 0 Å². The van der Waals surface area contributed by atoms with E-state index in [2.05, 4.69) is 16.4 Å². The minimum atomic E-state index is -0.318. The molecule has 23 heavy (non-hydrogen) atoms. The summed E-state index contributed by atoms with van der Waals surface area (Å²) in [6.45, 7) is 3.90. The van der Waals surface area contributed by atoms with Crippen molar-refractivity contribution in [3.8, 4) is 0 Å².